The minimum atomic E-state index is -1.10. The normalized spacial score (nSPS) is 14.7. The second-order valence-electron chi connectivity index (χ2n) is 26.5. The maximum Gasteiger partial charge on any atom is 0.305 e. The van der Waals surface area contributed by atoms with Crippen LogP contribution in [0.15, 0.2) is 146 Å². The van der Waals surface area contributed by atoms with E-state index in [1.54, 1.807) is 39.0 Å². The van der Waals surface area contributed by atoms with Gasteiger partial charge >= 0.3 is 17.9 Å². The molecule has 0 spiro atoms. The van der Waals surface area contributed by atoms with Crippen molar-refractivity contribution in [2.45, 2.75) is 224 Å². The van der Waals surface area contributed by atoms with Gasteiger partial charge in [-0.2, -0.15) is 0 Å². The van der Waals surface area contributed by atoms with Crippen LogP contribution in [0.1, 0.15) is 181 Å². The van der Waals surface area contributed by atoms with Crippen LogP contribution in [-0.4, -0.2) is 161 Å². The van der Waals surface area contributed by atoms with Crippen molar-refractivity contribution < 1.29 is 79.8 Å². The average Bonchev–Trinajstić information content (AvgIpc) is 0.891. The Labute approximate surface area is 601 Å². The van der Waals surface area contributed by atoms with Crippen molar-refractivity contribution in [1.82, 2.24) is 31.9 Å². The standard InChI is InChI=1S/2C27H38N2O5.C26H36N2O6/c1-4-21(22-10-6-5-7-11-22)16-25(31)19(3)29-27(34)23(17-26(32)33)28-14-8-9-20-12-13-24(30)18(2)15-20;1-4-21(22-10-6-5-7-11-22)16-25(31)19(3)29-27(34)23(17-26(32)33)28-14-8-9-20-13-12-18(2)24(30)15-20;1-3-18(19-8-5-4-6-9-19)14-23(30)17(2)28-26(34)22(16-25(32)33)27-13-7-10-20-11-12-21(29)15-24(20)31/h2*5-7,10-13,15,19,21,23,25,28,30-31H,4,8-9,14,16-17H2,1-3H3,(H,29,34)(H,32,33);4-6,8-9,11-12,15,17-18,22-23,27,29-31H,3,7,10,13-14,16H2,1-2H3,(H,28,34)(H,32,33)/t2*19?,21?,23-,25?;17?,18?,22-,23?/m000/s1. The first-order chi connectivity index (χ1) is 48.6. The van der Waals surface area contributed by atoms with Crippen molar-refractivity contribution in [3.05, 3.63) is 190 Å². The molecule has 16 N–H and O–H groups in total. The number of phenols is 4. The quantitative estimate of drug-likeness (QED) is 0.0158. The van der Waals surface area contributed by atoms with Gasteiger partial charge in [0.2, 0.25) is 17.7 Å². The summed E-state index contributed by atoms with van der Waals surface area (Å²) in [6.45, 7) is 16.3. The van der Waals surface area contributed by atoms with Gasteiger partial charge in [0.05, 0.1) is 73.8 Å². The fourth-order valence-electron chi connectivity index (χ4n) is 12.0. The number of phenolic OH excluding ortho intramolecular Hbond substituents is 4. The summed E-state index contributed by atoms with van der Waals surface area (Å²) in [6.07, 6.45) is 4.57. The van der Waals surface area contributed by atoms with Gasteiger partial charge in [-0.25, -0.2) is 0 Å². The number of carboxylic acid groups (broad SMARTS) is 3. The number of aliphatic hydroxyl groups is 3. The lowest BCUT2D eigenvalue weighted by atomic mass is 9.89. The number of aromatic hydroxyl groups is 4. The minimum Gasteiger partial charge on any atom is -0.508 e. The van der Waals surface area contributed by atoms with Crippen molar-refractivity contribution in [3.63, 3.8) is 0 Å². The summed E-state index contributed by atoms with van der Waals surface area (Å²) in [5.74, 6) is -3.62. The lowest BCUT2D eigenvalue weighted by Gasteiger charge is -2.26. The zero-order chi connectivity index (χ0) is 75.3. The molecule has 9 unspecified atom stereocenters. The van der Waals surface area contributed by atoms with E-state index in [0.717, 1.165) is 64.6 Å². The number of carbonyl (C=O) groups excluding carboxylic acids is 3. The van der Waals surface area contributed by atoms with Gasteiger partial charge in [-0.05, 0) is 212 Å². The van der Waals surface area contributed by atoms with E-state index in [4.69, 9.17) is 0 Å². The summed E-state index contributed by atoms with van der Waals surface area (Å²) >= 11 is 0. The Bertz CT molecular complexity index is 3320. The molecule has 102 heavy (non-hydrogen) atoms. The van der Waals surface area contributed by atoms with Crippen LogP contribution in [0.4, 0.5) is 0 Å². The molecule has 6 aromatic rings. The molecule has 22 heteroatoms. The predicted octanol–water partition coefficient (Wildman–Crippen LogP) is 9.94. The Morgan fingerprint density at radius 1 is 0.382 bits per heavy atom. The van der Waals surface area contributed by atoms with Crippen LogP contribution >= 0.6 is 0 Å². The number of hydrogen-bond donors (Lipinski definition) is 16. The van der Waals surface area contributed by atoms with Crippen molar-refractivity contribution >= 4 is 35.6 Å². The van der Waals surface area contributed by atoms with Gasteiger partial charge in [-0.1, -0.05) is 142 Å². The van der Waals surface area contributed by atoms with Gasteiger partial charge < -0.3 is 83.0 Å². The summed E-state index contributed by atoms with van der Waals surface area (Å²) in [6, 6.07) is 40.9. The van der Waals surface area contributed by atoms with Crippen LogP contribution in [0.25, 0.3) is 0 Å². The van der Waals surface area contributed by atoms with E-state index in [1.807, 2.05) is 129 Å². The van der Waals surface area contributed by atoms with Crippen LogP contribution in [0.5, 0.6) is 23.0 Å². The van der Waals surface area contributed by atoms with Gasteiger partial charge in [0.1, 0.15) is 23.0 Å². The summed E-state index contributed by atoms with van der Waals surface area (Å²) in [5, 5.41) is 116. The van der Waals surface area contributed by atoms with Crippen LogP contribution < -0.4 is 31.9 Å². The highest BCUT2D eigenvalue weighted by Crippen LogP contribution is 2.29. The van der Waals surface area contributed by atoms with Crippen LogP contribution in [0, 0.1) is 13.8 Å². The summed E-state index contributed by atoms with van der Waals surface area (Å²) < 4.78 is 0. The number of carboxylic acids is 3. The van der Waals surface area contributed by atoms with Crippen molar-refractivity contribution in [2.24, 2.45) is 0 Å². The fraction of sp³-hybridized carbons (Fsp3) is 0.475. The maximum atomic E-state index is 12.8. The van der Waals surface area contributed by atoms with Gasteiger partial charge in [-0.15, -0.1) is 0 Å². The second-order valence-corrected chi connectivity index (χ2v) is 26.5. The summed E-state index contributed by atoms with van der Waals surface area (Å²) in [7, 11) is 0. The number of hydrogen-bond acceptors (Lipinski definition) is 16. The van der Waals surface area contributed by atoms with E-state index in [2.05, 4.69) is 52.7 Å². The number of benzene rings is 6. The Kier molecular flexibility index (Phi) is 38.4. The molecule has 558 valence electrons. The molecule has 22 nitrogen and oxygen atoms in total. The van der Waals surface area contributed by atoms with Crippen molar-refractivity contribution in [1.29, 1.82) is 0 Å². The third-order valence-corrected chi connectivity index (χ3v) is 18.5. The Morgan fingerprint density at radius 3 is 1.05 bits per heavy atom. The number of rotatable bonds is 42. The fourth-order valence-corrected chi connectivity index (χ4v) is 12.0. The second kappa shape index (κ2) is 45.9. The molecule has 0 saturated carbocycles. The zero-order valence-corrected chi connectivity index (χ0v) is 60.4. The molecule has 0 saturated heterocycles. The molecular formula is C80H112N6O16. The smallest absolute Gasteiger partial charge is 0.305 e. The van der Waals surface area contributed by atoms with E-state index in [-0.39, 0.29) is 60.0 Å². The van der Waals surface area contributed by atoms with E-state index < -0.39 is 90.2 Å². The number of amides is 3. The Morgan fingerprint density at radius 2 is 0.725 bits per heavy atom. The van der Waals surface area contributed by atoms with Crippen LogP contribution in [-0.2, 0) is 48.0 Å². The molecule has 0 heterocycles. The summed E-state index contributed by atoms with van der Waals surface area (Å²) in [4.78, 5) is 72.2. The molecule has 0 aliphatic rings. The molecule has 0 aliphatic heterocycles. The third kappa shape index (κ3) is 31.6. The minimum absolute atomic E-state index is 0.0106. The van der Waals surface area contributed by atoms with Crippen LogP contribution in [0.3, 0.4) is 0 Å². The van der Waals surface area contributed by atoms with Gasteiger partial charge in [0, 0.05) is 6.07 Å². The molecule has 0 bridgehead atoms. The van der Waals surface area contributed by atoms with Gasteiger partial charge in [-0.3, -0.25) is 28.8 Å². The van der Waals surface area contributed by atoms with Gasteiger partial charge in [0.25, 0.3) is 0 Å². The highest BCUT2D eigenvalue weighted by atomic mass is 16.4. The average molecular weight is 1410 g/mol. The molecule has 0 aliphatic carbocycles. The molecule has 0 aromatic heterocycles. The SMILES string of the molecule is CCC(CC(O)C(C)NC(=O)[C@H](CC(=O)O)NCCCc1ccc(C)c(O)c1)c1ccccc1.CCC(CC(O)C(C)NC(=O)[C@H](CC(=O)O)NCCCc1ccc(O)c(C)c1)c1ccccc1.CCC(CC(O)C(C)NC(=O)[C@H](CC(=O)O)NCCCc1ccc(O)cc1O)c1ccccc1. The highest BCUT2D eigenvalue weighted by Gasteiger charge is 2.30. The predicted molar refractivity (Wildman–Crippen MR) is 396 cm³/mol. The van der Waals surface area contributed by atoms with E-state index >= 15 is 0 Å². The van der Waals surface area contributed by atoms with E-state index in [9.17, 15) is 79.8 Å². The third-order valence-electron chi connectivity index (χ3n) is 18.5. The topological polar surface area (TPSA) is 377 Å². The number of aliphatic carboxylic acids is 3. The summed E-state index contributed by atoms with van der Waals surface area (Å²) in [5.41, 5.74) is 7.74. The largest absolute Gasteiger partial charge is 0.508 e. The molecular weight excluding hydrogens is 1300 g/mol. The lowest BCUT2D eigenvalue weighted by molar-refractivity contribution is -0.140. The number of nitrogens with one attached hydrogen (secondary N) is 6. The zero-order valence-electron chi connectivity index (χ0n) is 60.4. The number of carbonyl (C=O) groups is 6. The molecule has 6 aromatic carbocycles. The highest BCUT2D eigenvalue weighted by molar-refractivity contribution is 5.87. The first-order valence-corrected chi connectivity index (χ1v) is 35.7. The van der Waals surface area contributed by atoms with Crippen molar-refractivity contribution in [2.75, 3.05) is 19.6 Å². The maximum absolute atomic E-state index is 12.8. The van der Waals surface area contributed by atoms with Crippen molar-refractivity contribution in [3.8, 4) is 23.0 Å². The molecule has 6 rings (SSSR count). The molecule has 0 fully saturated rings. The van der Waals surface area contributed by atoms with Crippen LogP contribution in [0.2, 0.25) is 0 Å². The van der Waals surface area contributed by atoms with Gasteiger partial charge in [0.15, 0.2) is 0 Å². The Hall–Kier alpha value is -8.90. The Balaban J connectivity index is 0.000000324. The number of aliphatic hydroxyl groups excluding tert-OH is 3. The molecule has 12 atom stereocenters. The first kappa shape index (κ1) is 85.5. The monoisotopic (exact) mass is 1410 g/mol. The molecule has 0 radical (unpaired) electrons. The van der Waals surface area contributed by atoms with E-state index in [0.29, 0.717) is 76.6 Å². The molecule has 3 amide bonds. The number of aryl methyl sites for hydroxylation is 5. The lowest BCUT2D eigenvalue weighted by Crippen LogP contribution is -2.51. The first-order valence-electron chi connectivity index (χ1n) is 35.7. The van der Waals surface area contributed by atoms with E-state index in [1.165, 1.54) is 12.1 Å².